The maximum Gasteiger partial charge on any atom is 0.251 e. The number of carbonyl (C=O) groups excluding carboxylic acids is 1. The zero-order chi connectivity index (χ0) is 13.5. The van der Waals surface area contributed by atoms with Crippen LogP contribution in [0.1, 0.15) is 31.4 Å². The lowest BCUT2D eigenvalue weighted by Crippen LogP contribution is -2.38. The lowest BCUT2D eigenvalue weighted by molar-refractivity contribution is -0.124. The second kappa shape index (κ2) is 6.96. The molecule has 3 N–H and O–H groups in total. The molecule has 0 aliphatic rings. The third-order valence-corrected chi connectivity index (χ3v) is 2.75. The molecule has 0 bridgehead atoms. The molecule has 0 aliphatic heterocycles. The molecule has 0 fully saturated rings. The Labute approximate surface area is 107 Å². The third-order valence-electron chi connectivity index (χ3n) is 2.75. The largest absolute Gasteiger partial charge is 0.353 e. The molecule has 100 valence electrons. The van der Waals surface area contributed by atoms with Gasteiger partial charge in [0.15, 0.2) is 0 Å². The second-order valence-corrected chi connectivity index (χ2v) is 4.33. The predicted octanol–water partition coefficient (Wildman–Crippen LogP) is 0.573. The van der Waals surface area contributed by atoms with Crippen LogP contribution in [0.2, 0.25) is 0 Å². The molecule has 0 saturated heterocycles. The summed E-state index contributed by atoms with van der Waals surface area (Å²) < 4.78 is 1.49. The number of amides is 1. The highest BCUT2D eigenvalue weighted by atomic mass is 16.2. The van der Waals surface area contributed by atoms with Gasteiger partial charge in [0.2, 0.25) is 5.91 Å². The van der Waals surface area contributed by atoms with Gasteiger partial charge in [-0.3, -0.25) is 9.59 Å². The van der Waals surface area contributed by atoms with Gasteiger partial charge in [0, 0.05) is 25.4 Å². The van der Waals surface area contributed by atoms with E-state index in [2.05, 4.69) is 5.32 Å². The number of rotatable bonds is 6. The zero-order valence-corrected chi connectivity index (χ0v) is 11.0. The Morgan fingerprint density at radius 2 is 2.28 bits per heavy atom. The first-order valence-electron chi connectivity index (χ1n) is 6.26. The summed E-state index contributed by atoms with van der Waals surface area (Å²) in [6.07, 6.45) is 3.15. The first-order valence-corrected chi connectivity index (χ1v) is 6.26. The second-order valence-electron chi connectivity index (χ2n) is 4.33. The van der Waals surface area contributed by atoms with Crippen molar-refractivity contribution in [3.63, 3.8) is 0 Å². The van der Waals surface area contributed by atoms with Crippen LogP contribution in [-0.2, 0) is 4.79 Å². The van der Waals surface area contributed by atoms with Gasteiger partial charge in [-0.15, -0.1) is 0 Å². The van der Waals surface area contributed by atoms with Gasteiger partial charge in [-0.25, -0.2) is 0 Å². The monoisotopic (exact) mass is 251 g/mol. The topological polar surface area (TPSA) is 77.1 Å². The molecule has 1 rings (SSSR count). The van der Waals surface area contributed by atoms with E-state index in [9.17, 15) is 9.59 Å². The van der Waals surface area contributed by atoms with Crippen LogP contribution in [0.25, 0.3) is 0 Å². The highest BCUT2D eigenvalue weighted by Gasteiger charge is 2.19. The standard InChI is InChI=1S/C13H21N3O2/c1-3-4-11(13(18)15-7-6-14)16-8-5-10(2)9-12(16)17/h5,8-9,11H,3-4,6-7,14H2,1-2H3,(H,15,18). The molecule has 1 unspecified atom stereocenters. The van der Waals surface area contributed by atoms with Gasteiger partial charge in [-0.1, -0.05) is 13.3 Å². The van der Waals surface area contributed by atoms with Gasteiger partial charge in [0.05, 0.1) is 0 Å². The van der Waals surface area contributed by atoms with Gasteiger partial charge in [-0.2, -0.15) is 0 Å². The number of hydrogen-bond donors (Lipinski definition) is 2. The normalized spacial score (nSPS) is 12.2. The van der Waals surface area contributed by atoms with Gasteiger partial charge in [0.25, 0.3) is 5.56 Å². The summed E-state index contributed by atoms with van der Waals surface area (Å²) in [4.78, 5) is 23.9. The molecule has 5 heteroatoms. The predicted molar refractivity (Wildman–Crippen MR) is 71.4 cm³/mol. The maximum absolute atomic E-state index is 12.0. The summed E-state index contributed by atoms with van der Waals surface area (Å²) >= 11 is 0. The average molecular weight is 251 g/mol. The van der Waals surface area contributed by atoms with Gasteiger partial charge in [0.1, 0.15) is 6.04 Å². The number of hydrogen-bond acceptors (Lipinski definition) is 3. The Morgan fingerprint density at radius 3 is 2.83 bits per heavy atom. The summed E-state index contributed by atoms with van der Waals surface area (Å²) in [5, 5.41) is 2.73. The molecule has 1 heterocycles. The molecule has 1 atom stereocenters. The van der Waals surface area contributed by atoms with Crippen molar-refractivity contribution in [2.75, 3.05) is 13.1 Å². The molecule has 0 aliphatic carbocycles. The lowest BCUT2D eigenvalue weighted by Gasteiger charge is -2.18. The van der Waals surface area contributed by atoms with Crippen LogP contribution >= 0.6 is 0 Å². The Balaban J connectivity index is 2.96. The zero-order valence-electron chi connectivity index (χ0n) is 11.0. The Bertz CT molecular complexity index is 454. The van der Waals surface area contributed by atoms with Crippen molar-refractivity contribution in [2.24, 2.45) is 5.73 Å². The van der Waals surface area contributed by atoms with Crippen molar-refractivity contribution in [1.82, 2.24) is 9.88 Å². The number of nitrogens with two attached hydrogens (primary N) is 1. The minimum absolute atomic E-state index is 0.142. The summed E-state index contributed by atoms with van der Waals surface area (Å²) in [6.45, 7) is 4.67. The lowest BCUT2D eigenvalue weighted by atomic mass is 10.1. The molecule has 0 spiro atoms. The Kier molecular flexibility index (Phi) is 5.58. The van der Waals surface area contributed by atoms with E-state index in [0.29, 0.717) is 19.5 Å². The number of nitrogens with zero attached hydrogens (tertiary/aromatic N) is 1. The number of carbonyl (C=O) groups is 1. The molecular weight excluding hydrogens is 230 g/mol. The van der Waals surface area contributed by atoms with Crippen LogP contribution in [-0.4, -0.2) is 23.6 Å². The first-order chi connectivity index (χ1) is 8.60. The molecular formula is C13H21N3O2. The number of nitrogens with one attached hydrogen (secondary N) is 1. The molecule has 1 aromatic heterocycles. The van der Waals surface area contributed by atoms with Crippen LogP contribution in [0.3, 0.4) is 0 Å². The quantitative estimate of drug-likeness (QED) is 0.776. The van der Waals surface area contributed by atoms with E-state index in [1.165, 1.54) is 4.57 Å². The SMILES string of the molecule is CCCC(C(=O)NCCN)n1ccc(C)cc1=O. The molecule has 0 radical (unpaired) electrons. The fraction of sp³-hybridized carbons (Fsp3) is 0.538. The smallest absolute Gasteiger partial charge is 0.251 e. The summed E-state index contributed by atoms with van der Waals surface area (Å²) in [7, 11) is 0. The Morgan fingerprint density at radius 1 is 1.56 bits per heavy atom. The Hall–Kier alpha value is -1.62. The van der Waals surface area contributed by atoms with E-state index in [4.69, 9.17) is 5.73 Å². The third kappa shape index (κ3) is 3.70. The van der Waals surface area contributed by atoms with Crippen molar-refractivity contribution in [3.05, 3.63) is 34.2 Å². The van der Waals surface area contributed by atoms with E-state index in [0.717, 1.165) is 12.0 Å². The maximum atomic E-state index is 12.0. The van der Waals surface area contributed by atoms with E-state index >= 15 is 0 Å². The fourth-order valence-corrected chi connectivity index (χ4v) is 1.83. The summed E-state index contributed by atoms with van der Waals surface area (Å²) in [5.74, 6) is -0.145. The summed E-state index contributed by atoms with van der Waals surface area (Å²) in [6, 6.07) is 2.92. The summed E-state index contributed by atoms with van der Waals surface area (Å²) in [5.41, 5.74) is 6.11. The van der Waals surface area contributed by atoms with Crippen LogP contribution in [0.5, 0.6) is 0 Å². The molecule has 0 aromatic carbocycles. The van der Waals surface area contributed by atoms with Gasteiger partial charge in [-0.05, 0) is 25.0 Å². The van der Waals surface area contributed by atoms with E-state index in [1.54, 1.807) is 12.3 Å². The van der Waals surface area contributed by atoms with Crippen LogP contribution < -0.4 is 16.6 Å². The molecule has 0 saturated carbocycles. The molecule has 18 heavy (non-hydrogen) atoms. The molecule has 5 nitrogen and oxygen atoms in total. The number of aromatic nitrogens is 1. The van der Waals surface area contributed by atoms with Gasteiger partial charge >= 0.3 is 0 Å². The number of aryl methyl sites for hydroxylation is 1. The van der Waals surface area contributed by atoms with Crippen molar-refractivity contribution < 1.29 is 4.79 Å². The minimum atomic E-state index is -0.449. The molecule has 1 amide bonds. The van der Waals surface area contributed by atoms with Gasteiger partial charge < -0.3 is 15.6 Å². The first kappa shape index (κ1) is 14.4. The highest BCUT2D eigenvalue weighted by Crippen LogP contribution is 2.12. The van der Waals surface area contributed by atoms with E-state index in [1.807, 2.05) is 19.9 Å². The average Bonchev–Trinajstić information content (AvgIpc) is 2.34. The van der Waals surface area contributed by atoms with Crippen molar-refractivity contribution in [3.8, 4) is 0 Å². The van der Waals surface area contributed by atoms with E-state index < -0.39 is 6.04 Å². The molecule has 1 aromatic rings. The van der Waals surface area contributed by atoms with Crippen LogP contribution in [0, 0.1) is 6.92 Å². The van der Waals surface area contributed by atoms with Crippen molar-refractivity contribution in [2.45, 2.75) is 32.7 Å². The van der Waals surface area contributed by atoms with Crippen LogP contribution in [0.4, 0.5) is 0 Å². The van der Waals surface area contributed by atoms with Crippen molar-refractivity contribution >= 4 is 5.91 Å². The minimum Gasteiger partial charge on any atom is -0.353 e. The van der Waals surface area contributed by atoms with Crippen molar-refractivity contribution in [1.29, 1.82) is 0 Å². The van der Waals surface area contributed by atoms with E-state index in [-0.39, 0.29) is 11.5 Å². The van der Waals surface area contributed by atoms with Crippen LogP contribution in [0.15, 0.2) is 23.1 Å². The fourth-order valence-electron chi connectivity index (χ4n) is 1.83. The highest BCUT2D eigenvalue weighted by molar-refractivity contribution is 5.80. The number of pyridine rings is 1.